The zero-order chi connectivity index (χ0) is 41.5. The molecule has 3 atom stereocenters. The fraction of sp³-hybridized carbons (Fsp3) is 0.385. The van der Waals surface area contributed by atoms with E-state index in [0.717, 1.165) is 10.8 Å². The highest BCUT2D eigenvalue weighted by Gasteiger charge is 2.46. The number of fused-ring (bicyclic) bond motifs is 1. The van der Waals surface area contributed by atoms with Crippen molar-refractivity contribution in [1.29, 1.82) is 0 Å². The van der Waals surface area contributed by atoms with E-state index in [9.17, 15) is 31.2 Å². The summed E-state index contributed by atoms with van der Waals surface area (Å²) >= 11 is 0. The molecule has 4 N–H and O–H groups in total. The number of hydrogen-bond donors (Lipinski definition) is 3. The molecule has 3 aromatic carbocycles. The number of rotatable bonds is 12. The lowest BCUT2D eigenvalue weighted by Gasteiger charge is -2.33. The first-order valence-electron chi connectivity index (χ1n) is 17.7. The van der Waals surface area contributed by atoms with Gasteiger partial charge in [-0.1, -0.05) is 24.3 Å². The van der Waals surface area contributed by atoms with Crippen LogP contribution in [-0.2, 0) is 29.0 Å². The van der Waals surface area contributed by atoms with Crippen LogP contribution in [0.25, 0.3) is 10.8 Å². The average Bonchev–Trinajstić information content (AvgIpc) is 3.59. The average molecular weight is 803 g/mol. The Balaban J connectivity index is 0.000000908. The normalized spacial score (nSPS) is 16.2. The molecule has 13 nitrogen and oxygen atoms in total. The second-order valence-electron chi connectivity index (χ2n) is 13.3. The number of benzene rings is 3. The van der Waals surface area contributed by atoms with E-state index in [0.29, 0.717) is 47.2 Å². The molecule has 0 spiro atoms. The predicted molar refractivity (Wildman–Crippen MR) is 203 cm³/mol. The lowest BCUT2D eigenvalue weighted by molar-refractivity contribution is -0.192. The van der Waals surface area contributed by atoms with Crippen LogP contribution >= 0.6 is 0 Å². The van der Waals surface area contributed by atoms with E-state index < -0.39 is 51.2 Å². The first-order chi connectivity index (χ1) is 26.3. The van der Waals surface area contributed by atoms with Gasteiger partial charge in [0, 0.05) is 23.8 Å². The minimum atomic E-state index is -5.08. The number of aromatic nitrogens is 1. The first kappa shape index (κ1) is 43.2. The van der Waals surface area contributed by atoms with Crippen LogP contribution in [-0.4, -0.2) is 79.0 Å². The number of ether oxygens (including phenoxy) is 3. The number of nitrogens with one attached hydrogen (secondary N) is 1. The van der Waals surface area contributed by atoms with Gasteiger partial charge in [-0.3, -0.25) is 9.59 Å². The van der Waals surface area contributed by atoms with E-state index in [1.807, 2.05) is 45.0 Å². The number of pyridine rings is 1. The van der Waals surface area contributed by atoms with E-state index in [2.05, 4.69) is 10.3 Å². The number of halogens is 3. The van der Waals surface area contributed by atoms with Crippen molar-refractivity contribution in [2.45, 2.75) is 75.5 Å². The number of sulfone groups is 1. The van der Waals surface area contributed by atoms with Crippen molar-refractivity contribution in [2.75, 3.05) is 31.3 Å². The number of nitrogens with zero attached hydrogens (tertiary/aromatic N) is 2. The van der Waals surface area contributed by atoms with Crippen LogP contribution in [0.4, 0.5) is 24.7 Å². The molecule has 4 aromatic rings. The SMILES string of the molecule is CCOc1cc([C@@H](Nc2ccc3c(N)nccc3c2)C(=O)N2CC[C@@H](C(=O)OC)[C@H]2c2ccccc2S(=O)(=O)C(C)C)ccc1OC(C)C.O=C(O)C(F)(F)F. The van der Waals surface area contributed by atoms with Gasteiger partial charge in [-0.15, -0.1) is 0 Å². The van der Waals surface area contributed by atoms with E-state index >= 15 is 0 Å². The number of likely N-dealkylation sites (tertiary alicyclic amines) is 1. The van der Waals surface area contributed by atoms with Crippen molar-refractivity contribution < 1.29 is 55.3 Å². The van der Waals surface area contributed by atoms with Gasteiger partial charge in [0.15, 0.2) is 21.3 Å². The van der Waals surface area contributed by atoms with Gasteiger partial charge in [0.1, 0.15) is 11.9 Å². The number of methoxy groups -OCH3 is 1. The summed E-state index contributed by atoms with van der Waals surface area (Å²) in [4.78, 5) is 43.0. The molecule has 56 heavy (non-hydrogen) atoms. The quantitative estimate of drug-likeness (QED) is 0.128. The fourth-order valence-electron chi connectivity index (χ4n) is 6.30. The minimum absolute atomic E-state index is 0.0858. The summed E-state index contributed by atoms with van der Waals surface area (Å²) in [5, 5.41) is 11.4. The summed E-state index contributed by atoms with van der Waals surface area (Å²) in [6.45, 7) is 9.50. The number of hydrogen-bond acceptors (Lipinski definition) is 11. The van der Waals surface area contributed by atoms with Gasteiger partial charge in [0.05, 0.1) is 41.9 Å². The van der Waals surface area contributed by atoms with Crippen molar-refractivity contribution in [1.82, 2.24) is 9.88 Å². The third-order valence-electron chi connectivity index (χ3n) is 8.91. The number of esters is 1. The molecule has 302 valence electrons. The highest BCUT2D eigenvalue weighted by molar-refractivity contribution is 7.92. The summed E-state index contributed by atoms with van der Waals surface area (Å²) in [6.07, 6.45) is -3.28. The number of anilines is 2. The van der Waals surface area contributed by atoms with Gasteiger partial charge in [0.25, 0.3) is 0 Å². The van der Waals surface area contributed by atoms with Crippen molar-refractivity contribution in [2.24, 2.45) is 5.92 Å². The molecule has 1 fully saturated rings. The number of amides is 1. The maximum absolute atomic E-state index is 15.0. The highest BCUT2D eigenvalue weighted by Crippen LogP contribution is 2.43. The highest BCUT2D eigenvalue weighted by atomic mass is 32.2. The van der Waals surface area contributed by atoms with Crippen molar-refractivity contribution in [3.05, 3.63) is 84.1 Å². The first-order valence-corrected chi connectivity index (χ1v) is 19.2. The summed E-state index contributed by atoms with van der Waals surface area (Å²) in [6, 6.07) is 17.4. The Morgan fingerprint density at radius 1 is 1.02 bits per heavy atom. The van der Waals surface area contributed by atoms with Gasteiger partial charge >= 0.3 is 18.1 Å². The number of carbonyl (C=O) groups excluding carboxylic acids is 2. The fourth-order valence-corrected chi connectivity index (χ4v) is 7.59. The lowest BCUT2D eigenvalue weighted by atomic mass is 9.93. The molecular formula is C39H45F3N4O9S. The van der Waals surface area contributed by atoms with E-state index in [1.54, 1.807) is 61.3 Å². The molecule has 1 saturated heterocycles. The zero-order valence-corrected chi connectivity index (χ0v) is 32.5. The van der Waals surface area contributed by atoms with E-state index in [1.165, 1.54) is 13.2 Å². The maximum Gasteiger partial charge on any atom is 0.490 e. The molecule has 1 aliphatic rings. The largest absolute Gasteiger partial charge is 0.490 e. The van der Waals surface area contributed by atoms with Crippen LogP contribution in [0.2, 0.25) is 0 Å². The molecule has 1 aromatic heterocycles. The molecule has 0 aliphatic carbocycles. The van der Waals surface area contributed by atoms with Crippen LogP contribution < -0.4 is 20.5 Å². The Bertz CT molecular complexity index is 2160. The maximum atomic E-state index is 15.0. The van der Waals surface area contributed by atoms with Gasteiger partial charge < -0.3 is 35.3 Å². The second-order valence-corrected chi connectivity index (χ2v) is 15.8. The number of nitrogen functional groups attached to an aromatic ring is 1. The number of carbonyl (C=O) groups is 3. The summed E-state index contributed by atoms with van der Waals surface area (Å²) in [5.74, 6) is -3.01. The predicted octanol–water partition coefficient (Wildman–Crippen LogP) is 6.73. The molecule has 5 rings (SSSR count). The molecule has 1 amide bonds. The Hall–Kier alpha value is -5.58. The molecule has 0 saturated carbocycles. The lowest BCUT2D eigenvalue weighted by Crippen LogP contribution is -2.40. The molecular weight excluding hydrogens is 758 g/mol. The van der Waals surface area contributed by atoms with Gasteiger partial charge in [-0.2, -0.15) is 13.2 Å². The van der Waals surface area contributed by atoms with Crippen LogP contribution in [0, 0.1) is 5.92 Å². The van der Waals surface area contributed by atoms with Crippen molar-refractivity contribution in [3.63, 3.8) is 0 Å². The number of carboxylic acids is 1. The Morgan fingerprint density at radius 3 is 2.30 bits per heavy atom. The van der Waals surface area contributed by atoms with Gasteiger partial charge in [0.2, 0.25) is 5.91 Å². The van der Waals surface area contributed by atoms with E-state index in [4.69, 9.17) is 29.8 Å². The summed E-state index contributed by atoms with van der Waals surface area (Å²) < 4.78 is 76.1. The van der Waals surface area contributed by atoms with E-state index in [-0.39, 0.29) is 23.5 Å². The smallest absolute Gasteiger partial charge is 0.490 e. The zero-order valence-electron chi connectivity index (χ0n) is 31.7. The van der Waals surface area contributed by atoms with Crippen molar-refractivity contribution in [3.8, 4) is 11.5 Å². The van der Waals surface area contributed by atoms with Crippen LogP contribution in [0.15, 0.2) is 77.8 Å². The van der Waals surface area contributed by atoms with Crippen LogP contribution in [0.5, 0.6) is 11.5 Å². The second kappa shape index (κ2) is 17.9. The van der Waals surface area contributed by atoms with Gasteiger partial charge in [-0.05, 0) is 100 Å². The Labute approximate surface area is 322 Å². The standard InChI is InChI=1S/C37H44N4O7S.C2HF3O2/c1-7-47-31-21-25(12-15-30(31)48-22(2)3)33(40-26-13-14-27-24(20-26)16-18-39-35(27)38)36(42)41-19-17-29(37(43)46-6)34(41)28-10-8-9-11-32(28)49(44,45)23(4)5;3-2(4,5)1(6)7/h8-16,18,20-23,29,33-34,40H,7,17,19H2,1-6H3,(H2,38,39);(H,6,7)/t29-,33-,34-;/m1./s1. The number of alkyl halides is 3. The third-order valence-corrected chi connectivity index (χ3v) is 11.1. The molecule has 1 aliphatic heterocycles. The molecule has 2 heterocycles. The van der Waals surface area contributed by atoms with Crippen molar-refractivity contribution >= 4 is 50.0 Å². The molecule has 0 bridgehead atoms. The monoisotopic (exact) mass is 802 g/mol. The third kappa shape index (κ3) is 9.80. The van der Waals surface area contributed by atoms with Crippen LogP contribution in [0.3, 0.4) is 0 Å². The summed E-state index contributed by atoms with van der Waals surface area (Å²) in [7, 11) is -2.48. The molecule has 0 radical (unpaired) electrons. The topological polar surface area (TPSA) is 187 Å². The minimum Gasteiger partial charge on any atom is -0.490 e. The molecule has 17 heteroatoms. The number of aliphatic carboxylic acids is 1. The molecule has 0 unspecified atom stereocenters. The summed E-state index contributed by atoms with van der Waals surface area (Å²) in [5.41, 5.74) is 7.71. The Morgan fingerprint density at radius 2 is 1.70 bits per heavy atom. The van der Waals surface area contributed by atoms with Gasteiger partial charge in [-0.25, -0.2) is 18.2 Å². The van der Waals surface area contributed by atoms with Crippen LogP contribution in [0.1, 0.15) is 64.3 Å². The Kier molecular flexibility index (Phi) is 13.8. The number of nitrogens with two attached hydrogens (primary N) is 1. The number of carboxylic acid groups (broad SMARTS) is 1.